The number of hydrogen-bond donors (Lipinski definition) is 1. The topological polar surface area (TPSA) is 63.1 Å². The van der Waals surface area contributed by atoms with Crippen LogP contribution in [0.1, 0.15) is 60.7 Å². The number of allylic oxidation sites excluding steroid dienone is 3. The first-order valence-electron chi connectivity index (χ1n) is 12.7. The van der Waals surface area contributed by atoms with Crippen LogP contribution in [0.4, 0.5) is 0 Å². The van der Waals surface area contributed by atoms with Crippen molar-refractivity contribution in [1.82, 2.24) is 0 Å². The van der Waals surface area contributed by atoms with E-state index in [9.17, 15) is 0 Å². The van der Waals surface area contributed by atoms with Crippen LogP contribution < -0.4 is 5.73 Å². The maximum atomic E-state index is 6.61. The summed E-state index contributed by atoms with van der Waals surface area (Å²) < 4.78 is 0.0323. The molecule has 0 saturated heterocycles. The van der Waals surface area contributed by atoms with Crippen LogP contribution in [0.15, 0.2) is 112 Å². The molecule has 0 aliphatic heterocycles. The molecule has 3 aromatic rings. The average molecular weight is 637 g/mol. The smallest absolute Gasteiger partial charge is 0.155 e. The minimum Gasteiger partial charge on any atom is -0.306 e. The molecule has 0 heterocycles. The molecule has 196 valence electrons. The van der Waals surface area contributed by atoms with Crippen molar-refractivity contribution in [1.29, 1.82) is 0 Å². The Kier molecular flexibility index (Phi) is 12.1. The van der Waals surface area contributed by atoms with Gasteiger partial charge in [-0.2, -0.15) is 0 Å². The van der Waals surface area contributed by atoms with Gasteiger partial charge in [-0.1, -0.05) is 120 Å². The second kappa shape index (κ2) is 15.5. The number of hydrogen-bond acceptors (Lipinski definition) is 3. The molecule has 6 heteroatoms. The van der Waals surface area contributed by atoms with Crippen LogP contribution >= 0.6 is 34.2 Å². The molecule has 0 aliphatic carbocycles. The molecule has 3 rings (SSSR count). The summed E-state index contributed by atoms with van der Waals surface area (Å²) in [4.78, 5) is 14.6. The monoisotopic (exact) mass is 636 g/mol. The Morgan fingerprint density at radius 2 is 1.79 bits per heavy atom. The zero-order valence-electron chi connectivity index (χ0n) is 22.1. The Morgan fingerprint density at radius 1 is 1.00 bits per heavy atom. The van der Waals surface area contributed by atoms with Crippen LogP contribution in [-0.4, -0.2) is 21.8 Å². The number of nitrogens with two attached hydrogens (primary N) is 1. The highest BCUT2D eigenvalue weighted by atomic mass is 127. The van der Waals surface area contributed by atoms with Gasteiger partial charge in [-0.05, 0) is 67.1 Å². The second-order valence-corrected chi connectivity index (χ2v) is 10.6. The minimum atomic E-state index is -0.526. The first kappa shape index (κ1) is 29.7. The van der Waals surface area contributed by atoms with Crippen molar-refractivity contribution in [2.75, 3.05) is 0 Å². The highest BCUT2D eigenvalue weighted by Crippen LogP contribution is 2.22. The van der Waals surface area contributed by atoms with Crippen molar-refractivity contribution < 1.29 is 0 Å². The molecule has 1 unspecified atom stereocenters. The fourth-order valence-electron chi connectivity index (χ4n) is 3.78. The maximum absolute atomic E-state index is 6.61. The SMILES string of the molecule is C/C=C\C=C/CC(I)/N=C(\N=C\c1ccccc1)c1cccc([C@@H](N)/N=C(\CC)c2cc(Cl)ccc2C)c1. The molecule has 3 aromatic carbocycles. The van der Waals surface area contributed by atoms with Crippen LogP contribution in [-0.2, 0) is 0 Å². The predicted octanol–water partition coefficient (Wildman–Crippen LogP) is 8.65. The molecule has 0 spiro atoms. The Labute approximate surface area is 245 Å². The molecular weight excluding hydrogens is 603 g/mol. The lowest BCUT2D eigenvalue weighted by molar-refractivity contribution is 0.772. The number of aryl methyl sites for hydroxylation is 1. The highest BCUT2D eigenvalue weighted by molar-refractivity contribution is 14.1. The van der Waals surface area contributed by atoms with Crippen molar-refractivity contribution in [3.05, 3.63) is 130 Å². The first-order valence-corrected chi connectivity index (χ1v) is 14.3. The molecule has 0 radical (unpaired) electrons. The average Bonchev–Trinajstić information content (AvgIpc) is 2.94. The fourth-order valence-corrected chi connectivity index (χ4v) is 4.51. The predicted molar refractivity (Wildman–Crippen MR) is 173 cm³/mol. The van der Waals surface area contributed by atoms with Crippen LogP contribution in [0, 0.1) is 6.92 Å². The van der Waals surface area contributed by atoms with E-state index in [1.54, 1.807) is 0 Å². The Morgan fingerprint density at radius 3 is 2.53 bits per heavy atom. The highest BCUT2D eigenvalue weighted by Gasteiger charge is 2.13. The number of nitrogens with zero attached hydrogens (tertiary/aromatic N) is 3. The van der Waals surface area contributed by atoms with Gasteiger partial charge in [-0.15, -0.1) is 0 Å². The molecular formula is C32H34ClIN4. The van der Waals surface area contributed by atoms with Gasteiger partial charge in [0, 0.05) is 22.5 Å². The summed E-state index contributed by atoms with van der Waals surface area (Å²) >= 11 is 8.62. The summed E-state index contributed by atoms with van der Waals surface area (Å²) in [5, 5.41) is 0.688. The van der Waals surface area contributed by atoms with Gasteiger partial charge in [0.1, 0.15) is 10.2 Å². The fraction of sp³-hybridized carbons (Fsp3) is 0.219. The van der Waals surface area contributed by atoms with Gasteiger partial charge in [-0.3, -0.25) is 9.98 Å². The molecule has 2 N–H and O–H groups in total. The van der Waals surface area contributed by atoms with Crippen molar-refractivity contribution in [2.24, 2.45) is 20.7 Å². The number of halogens is 2. The minimum absolute atomic E-state index is 0.0323. The van der Waals surface area contributed by atoms with Gasteiger partial charge < -0.3 is 5.73 Å². The molecule has 0 bridgehead atoms. The van der Waals surface area contributed by atoms with Gasteiger partial charge in [0.05, 0.1) is 0 Å². The molecule has 0 amide bonds. The van der Waals surface area contributed by atoms with E-state index in [1.807, 2.05) is 104 Å². The number of rotatable bonds is 10. The van der Waals surface area contributed by atoms with Gasteiger partial charge in [0.25, 0.3) is 0 Å². The normalized spacial score (nSPS) is 14.6. The quantitative estimate of drug-likeness (QED) is 0.0594. The van der Waals surface area contributed by atoms with Crippen LogP contribution in [0.25, 0.3) is 0 Å². The Hall–Kier alpha value is -2.87. The van der Waals surface area contributed by atoms with E-state index in [0.29, 0.717) is 10.9 Å². The summed E-state index contributed by atoms with van der Waals surface area (Å²) in [6.45, 7) is 6.14. The van der Waals surface area contributed by atoms with Gasteiger partial charge in [0.2, 0.25) is 0 Å². The van der Waals surface area contributed by atoms with E-state index in [0.717, 1.165) is 46.4 Å². The molecule has 0 aromatic heterocycles. The van der Waals surface area contributed by atoms with Crippen molar-refractivity contribution in [3.63, 3.8) is 0 Å². The van der Waals surface area contributed by atoms with Gasteiger partial charge in [-0.25, -0.2) is 4.99 Å². The van der Waals surface area contributed by atoms with Crippen molar-refractivity contribution in [3.8, 4) is 0 Å². The number of benzene rings is 3. The summed E-state index contributed by atoms with van der Waals surface area (Å²) in [6, 6.07) is 23.9. The lowest BCUT2D eigenvalue weighted by atomic mass is 10.0. The summed E-state index contributed by atoms with van der Waals surface area (Å²) in [5.74, 6) is 0.659. The Bertz CT molecular complexity index is 1340. The third kappa shape index (κ3) is 9.15. The van der Waals surface area contributed by atoms with E-state index in [1.165, 1.54) is 0 Å². The largest absolute Gasteiger partial charge is 0.306 e. The van der Waals surface area contributed by atoms with Crippen molar-refractivity contribution in [2.45, 2.75) is 43.8 Å². The first-order chi connectivity index (χ1) is 18.4. The number of alkyl halides is 1. The van der Waals surface area contributed by atoms with E-state index < -0.39 is 6.17 Å². The lowest BCUT2D eigenvalue weighted by Crippen LogP contribution is -2.13. The van der Waals surface area contributed by atoms with E-state index >= 15 is 0 Å². The van der Waals surface area contributed by atoms with Gasteiger partial charge >= 0.3 is 0 Å². The van der Waals surface area contributed by atoms with E-state index in [2.05, 4.69) is 42.5 Å². The molecule has 38 heavy (non-hydrogen) atoms. The van der Waals surface area contributed by atoms with Gasteiger partial charge in [0.15, 0.2) is 5.84 Å². The second-order valence-electron chi connectivity index (χ2n) is 8.70. The van der Waals surface area contributed by atoms with E-state index in [4.69, 9.17) is 32.3 Å². The number of aliphatic imine (C=N–C) groups is 3. The van der Waals surface area contributed by atoms with Crippen LogP contribution in [0.3, 0.4) is 0 Å². The standard InChI is InChI=1S/C32H34ClIN4/c1-4-6-7-11-17-30(34)38-32(36-22-24-13-9-8-10-14-24)26-16-12-15-25(20-26)31(35)37-29(5-2)28-21-27(33)19-18-23(28)3/h4,6-16,18-22,30-31H,5,17,35H2,1-3H3/b6-4-,11-7-,36-22+,37-29+,38-32-/t30?,31-/m0/s1. The van der Waals surface area contributed by atoms with Crippen LogP contribution in [0.2, 0.25) is 5.02 Å². The van der Waals surface area contributed by atoms with Crippen molar-refractivity contribution >= 4 is 52.0 Å². The summed E-state index contributed by atoms with van der Waals surface area (Å²) in [6.07, 6.45) is 11.1. The molecule has 4 nitrogen and oxygen atoms in total. The maximum Gasteiger partial charge on any atom is 0.155 e. The zero-order chi connectivity index (χ0) is 27.3. The third-order valence-electron chi connectivity index (χ3n) is 5.79. The molecule has 0 aliphatic rings. The molecule has 2 atom stereocenters. The number of amidine groups is 1. The van der Waals surface area contributed by atoms with E-state index in [-0.39, 0.29) is 4.05 Å². The summed E-state index contributed by atoms with van der Waals surface area (Å²) in [7, 11) is 0. The zero-order valence-corrected chi connectivity index (χ0v) is 25.0. The molecule has 0 fully saturated rings. The summed E-state index contributed by atoms with van der Waals surface area (Å²) in [5.41, 5.74) is 12.5. The Balaban J connectivity index is 1.95. The molecule has 0 saturated carbocycles. The van der Waals surface area contributed by atoms with Crippen LogP contribution in [0.5, 0.6) is 0 Å². The third-order valence-corrected chi connectivity index (χ3v) is 6.82. The lowest BCUT2D eigenvalue weighted by Gasteiger charge is -2.14.